The molecule has 0 spiro atoms. The van der Waals surface area contributed by atoms with Crippen molar-refractivity contribution in [3.63, 3.8) is 0 Å². The number of halogens is 3. The molecule has 1 aromatic heterocycles. The highest BCUT2D eigenvalue weighted by Crippen LogP contribution is 2.25. The van der Waals surface area contributed by atoms with Gasteiger partial charge in [0, 0.05) is 12.7 Å². The van der Waals surface area contributed by atoms with Crippen LogP contribution < -0.4 is 10.2 Å². The van der Waals surface area contributed by atoms with Gasteiger partial charge in [-0.3, -0.25) is 5.43 Å². The van der Waals surface area contributed by atoms with Gasteiger partial charge in [-0.05, 0) is 73.5 Å². The van der Waals surface area contributed by atoms with Crippen molar-refractivity contribution in [3.8, 4) is 22.8 Å². The van der Waals surface area contributed by atoms with E-state index < -0.39 is 18.4 Å². The van der Waals surface area contributed by atoms with E-state index in [0.29, 0.717) is 23.3 Å². The molecule has 15 heteroatoms. The smallest absolute Gasteiger partial charge is 0.452 e. The highest BCUT2D eigenvalue weighted by molar-refractivity contribution is 8.13. The maximum atomic E-state index is 12.4. The van der Waals surface area contributed by atoms with Gasteiger partial charge in [-0.1, -0.05) is 42.5 Å². The van der Waals surface area contributed by atoms with E-state index in [9.17, 15) is 18.0 Å². The molecular formula is C32H33F3N6O5S. The maximum absolute atomic E-state index is 12.4. The maximum Gasteiger partial charge on any atom is 0.573 e. The van der Waals surface area contributed by atoms with E-state index in [4.69, 9.17) is 19.2 Å². The first-order valence-electron chi connectivity index (χ1n) is 14.2. The number of amidine groups is 1. The third-order valence-corrected chi connectivity index (χ3v) is 7.10. The number of rotatable bonds is 13. The van der Waals surface area contributed by atoms with Gasteiger partial charge >= 0.3 is 12.3 Å². The molecule has 248 valence electrons. The number of aryl methyl sites for hydroxylation is 2. The normalized spacial score (nSPS) is 12.7. The number of carbonyl (C=O) groups excluding carboxylic acids is 1. The minimum absolute atomic E-state index is 0.0110. The van der Waals surface area contributed by atoms with Gasteiger partial charge in [0.2, 0.25) is 0 Å². The minimum Gasteiger partial charge on any atom is -0.452 e. The fraction of sp³-hybridized carbons (Fsp3) is 0.281. The lowest BCUT2D eigenvalue weighted by Crippen LogP contribution is -2.25. The van der Waals surface area contributed by atoms with Crippen LogP contribution in [0.3, 0.4) is 0 Å². The Morgan fingerprint density at radius 1 is 1.04 bits per heavy atom. The molecule has 0 saturated carbocycles. The summed E-state index contributed by atoms with van der Waals surface area (Å²) in [4.78, 5) is 21.3. The van der Waals surface area contributed by atoms with Crippen molar-refractivity contribution in [1.82, 2.24) is 20.2 Å². The van der Waals surface area contributed by atoms with E-state index in [1.54, 1.807) is 20.2 Å². The van der Waals surface area contributed by atoms with Crippen LogP contribution in [0.15, 0.2) is 83.2 Å². The topological polar surface area (TPSA) is 121 Å². The van der Waals surface area contributed by atoms with Crippen LogP contribution in [-0.2, 0) is 19.0 Å². The number of nitrogens with one attached hydrogen (secondary N) is 1. The number of para-hydroxylation sites is 1. The summed E-state index contributed by atoms with van der Waals surface area (Å²) in [7, 11) is 1.55. The first kappa shape index (κ1) is 35.1. The van der Waals surface area contributed by atoms with Gasteiger partial charge in [-0.25, -0.2) is 19.5 Å². The lowest BCUT2D eigenvalue weighted by atomic mass is 10.1. The van der Waals surface area contributed by atoms with Crippen molar-refractivity contribution < 1.29 is 36.9 Å². The van der Waals surface area contributed by atoms with Crippen LogP contribution in [0, 0.1) is 13.8 Å². The molecule has 0 aliphatic carbocycles. The fourth-order valence-corrected chi connectivity index (χ4v) is 4.57. The zero-order chi connectivity index (χ0) is 33.8. The third-order valence-electron chi connectivity index (χ3n) is 6.41. The highest BCUT2D eigenvalue weighted by Gasteiger charge is 2.31. The second-order valence-electron chi connectivity index (χ2n) is 9.94. The van der Waals surface area contributed by atoms with Crippen LogP contribution >= 0.6 is 11.8 Å². The zero-order valence-corrected chi connectivity index (χ0v) is 26.8. The Morgan fingerprint density at radius 3 is 2.40 bits per heavy atom. The van der Waals surface area contributed by atoms with Gasteiger partial charge in [0.15, 0.2) is 17.1 Å². The quantitative estimate of drug-likeness (QED) is 0.0433. The average molecular weight is 671 g/mol. The molecule has 0 radical (unpaired) electrons. The van der Waals surface area contributed by atoms with Crippen molar-refractivity contribution in [3.05, 3.63) is 89.7 Å². The van der Waals surface area contributed by atoms with Gasteiger partial charge in [-0.15, -0.1) is 18.3 Å². The van der Waals surface area contributed by atoms with Crippen LogP contribution in [0.5, 0.6) is 5.75 Å². The molecule has 4 aromatic rings. The molecule has 4 rings (SSSR count). The number of hydrogen-bond acceptors (Lipinski definition) is 10. The summed E-state index contributed by atoms with van der Waals surface area (Å²) in [5.74, 6) is -0.415. The van der Waals surface area contributed by atoms with Gasteiger partial charge in [0.25, 0.3) is 0 Å². The molecule has 0 amide bonds. The number of hydrazone groups is 1. The van der Waals surface area contributed by atoms with Crippen molar-refractivity contribution in [2.75, 3.05) is 26.3 Å². The van der Waals surface area contributed by atoms with Crippen LogP contribution in [0.1, 0.15) is 23.6 Å². The highest BCUT2D eigenvalue weighted by atomic mass is 32.2. The molecule has 0 bridgehead atoms. The average Bonchev–Trinajstić information content (AvgIpc) is 3.53. The molecule has 1 N–H and O–H groups in total. The number of carbonyl (C=O) groups is 1. The SMILES string of the molecule is COCCOC(C)C(=O)OCS/C(=N\c1c(C)cccc1C)N/N=C/c1ccc(-c2ncn(-c3ccc(OC(F)(F)F)cc3)n2)cc1. The third kappa shape index (κ3) is 10.9. The van der Waals surface area contributed by atoms with E-state index in [1.165, 1.54) is 47.0 Å². The molecule has 3 aromatic carbocycles. The van der Waals surface area contributed by atoms with E-state index in [0.717, 1.165) is 27.9 Å². The van der Waals surface area contributed by atoms with Crippen LogP contribution in [-0.4, -0.2) is 70.8 Å². The second-order valence-corrected chi connectivity index (χ2v) is 10.8. The summed E-state index contributed by atoms with van der Waals surface area (Å²) < 4.78 is 58.4. The van der Waals surface area contributed by atoms with Gasteiger partial charge < -0.3 is 18.9 Å². The van der Waals surface area contributed by atoms with Crippen molar-refractivity contribution >= 4 is 34.8 Å². The minimum atomic E-state index is -4.76. The Kier molecular flexibility index (Phi) is 12.5. The first-order valence-corrected chi connectivity index (χ1v) is 15.2. The van der Waals surface area contributed by atoms with Gasteiger partial charge in [-0.2, -0.15) is 5.10 Å². The van der Waals surface area contributed by atoms with Crippen molar-refractivity contribution in [1.29, 1.82) is 0 Å². The summed E-state index contributed by atoms with van der Waals surface area (Å²) in [5.41, 5.74) is 7.69. The monoisotopic (exact) mass is 670 g/mol. The van der Waals surface area contributed by atoms with Crippen LogP contribution in [0.25, 0.3) is 17.1 Å². The Labute approximate surface area is 273 Å². The number of alkyl halides is 3. The number of nitrogens with zero attached hydrogens (tertiary/aromatic N) is 5. The van der Waals surface area contributed by atoms with E-state index >= 15 is 0 Å². The summed E-state index contributed by atoms with van der Waals surface area (Å²) in [6.45, 7) is 6.17. The predicted octanol–water partition coefficient (Wildman–Crippen LogP) is 6.35. The molecule has 0 saturated heterocycles. The van der Waals surface area contributed by atoms with E-state index in [2.05, 4.69) is 25.3 Å². The molecule has 47 heavy (non-hydrogen) atoms. The van der Waals surface area contributed by atoms with E-state index in [-0.39, 0.29) is 18.3 Å². The first-order chi connectivity index (χ1) is 22.5. The standard InChI is InChI=1S/C32H33F3N6O5S/c1-21-6-5-7-22(2)28(21)38-31(47-20-45-30(42)23(3)44-17-16-43-4)39-37-18-24-8-10-25(11-9-24)29-36-19-41(40-29)26-12-14-27(15-13-26)46-32(33,34)35/h5-15,18-19,23H,16-17,20H2,1-4H3,(H,38,39)/b37-18+. The summed E-state index contributed by atoms with van der Waals surface area (Å²) >= 11 is 1.17. The number of methoxy groups -OCH3 is 1. The summed E-state index contributed by atoms with van der Waals surface area (Å²) in [6, 6.07) is 18.5. The molecule has 11 nitrogen and oxygen atoms in total. The van der Waals surface area contributed by atoms with Crippen LogP contribution in [0.4, 0.5) is 18.9 Å². The number of hydrogen-bond donors (Lipinski definition) is 1. The number of aromatic nitrogens is 3. The Balaban J connectivity index is 1.39. The Bertz CT molecular complexity index is 1660. The number of benzene rings is 3. The molecule has 1 unspecified atom stereocenters. The Morgan fingerprint density at radius 2 is 1.74 bits per heavy atom. The van der Waals surface area contributed by atoms with Gasteiger partial charge in [0.05, 0.1) is 30.8 Å². The van der Waals surface area contributed by atoms with Gasteiger partial charge in [0.1, 0.15) is 18.0 Å². The predicted molar refractivity (Wildman–Crippen MR) is 173 cm³/mol. The molecule has 1 heterocycles. The number of ether oxygens (including phenoxy) is 4. The lowest BCUT2D eigenvalue weighted by Gasteiger charge is -2.13. The van der Waals surface area contributed by atoms with E-state index in [1.807, 2.05) is 56.3 Å². The zero-order valence-electron chi connectivity index (χ0n) is 26.0. The molecule has 0 aliphatic heterocycles. The second kappa shape index (κ2) is 16.7. The Hall–Kier alpha value is -4.73. The molecular weight excluding hydrogens is 637 g/mol. The number of thioether (sulfide) groups is 1. The summed E-state index contributed by atoms with van der Waals surface area (Å²) in [6.07, 6.45) is -2.43. The van der Waals surface area contributed by atoms with Crippen LogP contribution in [0.2, 0.25) is 0 Å². The molecule has 1 atom stereocenters. The lowest BCUT2D eigenvalue weighted by molar-refractivity contribution is -0.274. The number of esters is 1. The largest absolute Gasteiger partial charge is 0.573 e. The molecule has 0 fully saturated rings. The van der Waals surface area contributed by atoms with Crippen molar-refractivity contribution in [2.24, 2.45) is 10.1 Å². The number of aliphatic imine (C=N–C) groups is 1. The van der Waals surface area contributed by atoms with Crippen molar-refractivity contribution in [2.45, 2.75) is 33.2 Å². The molecule has 0 aliphatic rings. The fourth-order valence-electron chi connectivity index (χ4n) is 4.01. The summed E-state index contributed by atoms with van der Waals surface area (Å²) in [5, 5.41) is 9.18.